The van der Waals surface area contributed by atoms with E-state index in [1.165, 1.54) is 38.0 Å². The number of unbranched alkanes of at least 4 members (excludes halogenated alkanes) is 1. The Balaban J connectivity index is 1.78. The molecule has 1 aromatic rings. The van der Waals surface area contributed by atoms with Crippen molar-refractivity contribution in [3.8, 4) is 11.5 Å². The third kappa shape index (κ3) is 4.12. The normalized spacial score (nSPS) is 16.1. The van der Waals surface area contributed by atoms with Gasteiger partial charge in [0.25, 0.3) is 0 Å². The number of ether oxygens (including phenoxy) is 2. The maximum Gasteiger partial charge on any atom is 0.163 e. The average Bonchev–Trinajstić information content (AvgIpc) is 2.52. The lowest BCUT2D eigenvalue weighted by molar-refractivity contribution is 0.236. The van der Waals surface area contributed by atoms with Crippen LogP contribution in [0.25, 0.3) is 0 Å². The van der Waals surface area contributed by atoms with Gasteiger partial charge in [0, 0.05) is 26.2 Å². The summed E-state index contributed by atoms with van der Waals surface area (Å²) in [4.78, 5) is 2.54. The molecule has 1 heterocycles. The van der Waals surface area contributed by atoms with Crippen LogP contribution >= 0.6 is 0 Å². The molecule has 0 amide bonds. The van der Waals surface area contributed by atoms with Gasteiger partial charge in [0.15, 0.2) is 11.5 Å². The number of nitrogens with zero attached hydrogens (tertiary/aromatic N) is 1. The first-order valence-corrected chi connectivity index (χ1v) is 7.48. The van der Waals surface area contributed by atoms with Crippen LogP contribution in [0.1, 0.15) is 18.4 Å². The monoisotopic (exact) mass is 278 g/mol. The van der Waals surface area contributed by atoms with Crippen molar-refractivity contribution in [1.82, 2.24) is 10.2 Å². The molecule has 0 unspecified atom stereocenters. The first kappa shape index (κ1) is 15.1. The minimum absolute atomic E-state index is 0.826. The van der Waals surface area contributed by atoms with Gasteiger partial charge in [-0.15, -0.1) is 0 Å². The highest BCUT2D eigenvalue weighted by Gasteiger charge is 2.11. The molecule has 4 nitrogen and oxygen atoms in total. The second kappa shape index (κ2) is 8.12. The van der Waals surface area contributed by atoms with Crippen molar-refractivity contribution in [2.45, 2.75) is 19.3 Å². The number of nitrogens with one attached hydrogen (secondary N) is 1. The van der Waals surface area contributed by atoms with E-state index in [1.807, 2.05) is 12.1 Å². The van der Waals surface area contributed by atoms with E-state index in [1.54, 1.807) is 14.2 Å². The molecule has 112 valence electrons. The number of para-hydroxylation sites is 1. The lowest BCUT2D eigenvalue weighted by Gasteiger charge is -2.27. The van der Waals surface area contributed by atoms with Crippen LogP contribution in [0.15, 0.2) is 18.2 Å². The first-order valence-electron chi connectivity index (χ1n) is 7.48. The van der Waals surface area contributed by atoms with Gasteiger partial charge < -0.3 is 19.7 Å². The molecule has 1 aromatic carbocycles. The fourth-order valence-electron chi connectivity index (χ4n) is 2.74. The highest BCUT2D eigenvalue weighted by molar-refractivity contribution is 5.46. The van der Waals surface area contributed by atoms with E-state index in [0.29, 0.717) is 0 Å². The second-order valence-corrected chi connectivity index (χ2v) is 5.20. The Hall–Kier alpha value is -1.26. The molecule has 1 saturated heterocycles. The Morgan fingerprint density at radius 2 is 1.90 bits per heavy atom. The SMILES string of the molecule is COc1cccc(CCCCN2CCNCC2)c1OC. The second-order valence-electron chi connectivity index (χ2n) is 5.20. The summed E-state index contributed by atoms with van der Waals surface area (Å²) in [5.41, 5.74) is 1.24. The molecule has 4 heteroatoms. The molecule has 0 bridgehead atoms. The lowest BCUT2D eigenvalue weighted by Crippen LogP contribution is -2.43. The fourth-order valence-corrected chi connectivity index (χ4v) is 2.74. The quantitative estimate of drug-likeness (QED) is 0.773. The summed E-state index contributed by atoms with van der Waals surface area (Å²) < 4.78 is 10.8. The molecule has 1 aliphatic rings. The molecule has 0 atom stereocenters. The van der Waals surface area contributed by atoms with Crippen molar-refractivity contribution in [1.29, 1.82) is 0 Å². The molecular weight excluding hydrogens is 252 g/mol. The van der Waals surface area contributed by atoms with Crippen molar-refractivity contribution in [3.05, 3.63) is 23.8 Å². The number of hydrogen-bond donors (Lipinski definition) is 1. The van der Waals surface area contributed by atoms with Crippen molar-refractivity contribution >= 4 is 0 Å². The summed E-state index contributed by atoms with van der Waals surface area (Å²) in [7, 11) is 3.40. The Labute approximate surface area is 122 Å². The van der Waals surface area contributed by atoms with Crippen molar-refractivity contribution in [2.75, 3.05) is 46.9 Å². The zero-order valence-corrected chi connectivity index (χ0v) is 12.7. The molecular formula is C16H26N2O2. The molecule has 1 fully saturated rings. The van der Waals surface area contributed by atoms with E-state index in [9.17, 15) is 0 Å². The number of piperazine rings is 1. The predicted octanol–water partition coefficient (Wildman–Crippen LogP) is 1.93. The van der Waals surface area contributed by atoms with Crippen LogP contribution in [-0.2, 0) is 6.42 Å². The van der Waals surface area contributed by atoms with Gasteiger partial charge in [0.2, 0.25) is 0 Å². The van der Waals surface area contributed by atoms with Gasteiger partial charge >= 0.3 is 0 Å². The summed E-state index contributed by atoms with van der Waals surface area (Å²) in [6.07, 6.45) is 3.47. The van der Waals surface area contributed by atoms with E-state index >= 15 is 0 Å². The van der Waals surface area contributed by atoms with Crippen LogP contribution in [0.2, 0.25) is 0 Å². The first-order chi connectivity index (χ1) is 9.85. The smallest absolute Gasteiger partial charge is 0.163 e. The Kier molecular flexibility index (Phi) is 6.15. The third-order valence-corrected chi connectivity index (χ3v) is 3.86. The topological polar surface area (TPSA) is 33.7 Å². The minimum atomic E-state index is 0.826. The summed E-state index contributed by atoms with van der Waals surface area (Å²) in [5, 5.41) is 3.39. The fraction of sp³-hybridized carbons (Fsp3) is 0.625. The number of aryl methyl sites for hydroxylation is 1. The van der Waals surface area contributed by atoms with Crippen molar-refractivity contribution in [3.63, 3.8) is 0 Å². The van der Waals surface area contributed by atoms with Gasteiger partial charge in [0.1, 0.15) is 0 Å². The molecule has 0 aliphatic carbocycles. The highest BCUT2D eigenvalue weighted by atomic mass is 16.5. The van der Waals surface area contributed by atoms with Crippen LogP contribution in [0.3, 0.4) is 0 Å². The van der Waals surface area contributed by atoms with Crippen molar-refractivity contribution < 1.29 is 9.47 Å². The third-order valence-electron chi connectivity index (χ3n) is 3.86. The van der Waals surface area contributed by atoms with E-state index in [4.69, 9.17) is 9.47 Å². The Morgan fingerprint density at radius 3 is 2.60 bits per heavy atom. The standard InChI is InChI=1S/C16H26N2O2/c1-19-15-8-5-7-14(16(15)20-2)6-3-4-11-18-12-9-17-10-13-18/h5,7-8,17H,3-4,6,9-13H2,1-2H3. The molecule has 1 aliphatic heterocycles. The molecule has 20 heavy (non-hydrogen) atoms. The molecule has 1 N–H and O–H groups in total. The summed E-state index contributed by atoms with van der Waals surface area (Å²) in [6.45, 7) is 5.83. The van der Waals surface area contributed by atoms with Crippen LogP contribution in [0.5, 0.6) is 11.5 Å². The zero-order valence-electron chi connectivity index (χ0n) is 12.7. The minimum Gasteiger partial charge on any atom is -0.493 e. The van der Waals surface area contributed by atoms with E-state index in [0.717, 1.165) is 31.0 Å². The van der Waals surface area contributed by atoms with Crippen LogP contribution in [0.4, 0.5) is 0 Å². The molecule has 0 radical (unpaired) electrons. The predicted molar refractivity (Wildman–Crippen MR) is 81.8 cm³/mol. The zero-order chi connectivity index (χ0) is 14.2. The lowest BCUT2D eigenvalue weighted by atomic mass is 10.1. The van der Waals surface area contributed by atoms with E-state index in [2.05, 4.69) is 16.3 Å². The van der Waals surface area contributed by atoms with Gasteiger partial charge in [0.05, 0.1) is 14.2 Å². The molecule has 0 spiro atoms. The van der Waals surface area contributed by atoms with Gasteiger partial charge in [-0.1, -0.05) is 12.1 Å². The Morgan fingerprint density at radius 1 is 1.10 bits per heavy atom. The maximum absolute atomic E-state index is 5.47. The highest BCUT2D eigenvalue weighted by Crippen LogP contribution is 2.31. The van der Waals surface area contributed by atoms with Gasteiger partial charge in [-0.2, -0.15) is 0 Å². The summed E-state index contributed by atoms with van der Waals surface area (Å²) in [6, 6.07) is 6.11. The van der Waals surface area contributed by atoms with E-state index < -0.39 is 0 Å². The van der Waals surface area contributed by atoms with Crippen molar-refractivity contribution in [2.24, 2.45) is 0 Å². The number of hydrogen-bond acceptors (Lipinski definition) is 4. The van der Waals surface area contributed by atoms with E-state index in [-0.39, 0.29) is 0 Å². The number of benzene rings is 1. The molecule has 2 rings (SSSR count). The average molecular weight is 278 g/mol. The molecule has 0 aromatic heterocycles. The number of rotatable bonds is 7. The van der Waals surface area contributed by atoms with Gasteiger partial charge in [-0.3, -0.25) is 0 Å². The van der Waals surface area contributed by atoms with Crippen LogP contribution in [-0.4, -0.2) is 51.8 Å². The molecule has 0 saturated carbocycles. The summed E-state index contributed by atoms with van der Waals surface area (Å²) in [5.74, 6) is 1.71. The van der Waals surface area contributed by atoms with Crippen LogP contribution < -0.4 is 14.8 Å². The number of methoxy groups -OCH3 is 2. The van der Waals surface area contributed by atoms with Gasteiger partial charge in [-0.25, -0.2) is 0 Å². The van der Waals surface area contributed by atoms with Crippen LogP contribution in [0, 0.1) is 0 Å². The van der Waals surface area contributed by atoms with Gasteiger partial charge in [-0.05, 0) is 37.4 Å². The maximum atomic E-state index is 5.47. The largest absolute Gasteiger partial charge is 0.493 e. The summed E-state index contributed by atoms with van der Waals surface area (Å²) >= 11 is 0. The Bertz CT molecular complexity index is 403.